The fraction of sp³-hybridized carbons (Fsp3) is 0.764. The van der Waals surface area contributed by atoms with E-state index in [4.69, 9.17) is 18.9 Å². The third kappa shape index (κ3) is 35.8. The molecule has 9 nitrogen and oxygen atoms in total. The first-order valence-corrected chi connectivity index (χ1v) is 26.0. The molecule has 1 saturated heterocycles. The molecule has 0 aromatic rings. The summed E-state index contributed by atoms with van der Waals surface area (Å²) in [5, 5.41) is 40.3. The van der Waals surface area contributed by atoms with Gasteiger partial charge in [0.15, 0.2) is 6.29 Å². The van der Waals surface area contributed by atoms with Crippen molar-refractivity contribution in [2.45, 2.75) is 243 Å². The number of esters is 1. The maximum absolute atomic E-state index is 12.8. The Hall–Kier alpha value is -2.37. The molecule has 0 aromatic heterocycles. The van der Waals surface area contributed by atoms with Crippen molar-refractivity contribution in [3.63, 3.8) is 0 Å². The van der Waals surface area contributed by atoms with Crippen LogP contribution in [0.15, 0.2) is 72.9 Å². The van der Waals surface area contributed by atoms with Gasteiger partial charge in [-0.1, -0.05) is 189 Å². The molecule has 6 unspecified atom stereocenters. The van der Waals surface area contributed by atoms with Crippen LogP contribution in [0, 0.1) is 0 Å². The second kappa shape index (κ2) is 45.8. The SMILES string of the molecule is CC/C=C\C/C=C\C/C=C\C/C=C\C/C=C\CCCCCCOCC(COC1OC(CO)C(O)C(O)C1O)OC(=O)CCCCCCCCCCC/C=C\CCCCCCCCCC. The lowest BCUT2D eigenvalue weighted by molar-refractivity contribution is -0.305. The molecule has 0 bridgehead atoms. The van der Waals surface area contributed by atoms with Crippen LogP contribution in [0.25, 0.3) is 0 Å². The standard InChI is InChI=1S/C55H96O9/c1-3-5-7-9-11-13-15-17-19-21-23-25-26-28-30-32-34-36-38-40-42-44-51(57)63-49(48-62-55-54(60)53(59)52(58)50(46-56)64-55)47-61-45-43-41-39-37-35-33-31-29-27-24-22-20-18-16-14-12-10-8-6-4-2/h6,8,12,14,18,20-21,23-24,27,31,33,49-50,52-56,58-60H,3-5,7,9-11,13,15-17,19,22,25-26,28-30,32,34-48H2,1-2H3/b8-6-,14-12-,20-18-,23-21-,27-24-,33-31-. The Morgan fingerprint density at radius 2 is 0.953 bits per heavy atom. The predicted molar refractivity (Wildman–Crippen MR) is 265 cm³/mol. The number of allylic oxidation sites excluding steroid dienone is 12. The first-order chi connectivity index (χ1) is 31.4. The molecule has 0 amide bonds. The minimum atomic E-state index is -1.55. The Balaban J connectivity index is 2.23. The molecular formula is C55H96O9. The molecule has 0 aliphatic carbocycles. The van der Waals surface area contributed by atoms with Crippen molar-refractivity contribution in [1.29, 1.82) is 0 Å². The van der Waals surface area contributed by atoms with E-state index in [0.717, 1.165) is 83.5 Å². The molecule has 1 rings (SSSR count). The molecule has 1 heterocycles. The lowest BCUT2D eigenvalue weighted by Gasteiger charge is -2.39. The highest BCUT2D eigenvalue weighted by Crippen LogP contribution is 2.23. The van der Waals surface area contributed by atoms with Gasteiger partial charge in [-0.05, 0) is 83.5 Å². The quantitative estimate of drug-likeness (QED) is 0.0268. The molecule has 1 aliphatic heterocycles. The average Bonchev–Trinajstić information content (AvgIpc) is 3.30. The molecule has 0 radical (unpaired) electrons. The second-order valence-corrected chi connectivity index (χ2v) is 17.6. The zero-order valence-electron chi connectivity index (χ0n) is 40.8. The van der Waals surface area contributed by atoms with E-state index in [1.807, 2.05) is 0 Å². The highest BCUT2D eigenvalue weighted by Gasteiger charge is 2.44. The van der Waals surface area contributed by atoms with Gasteiger partial charge in [-0.2, -0.15) is 0 Å². The van der Waals surface area contributed by atoms with E-state index in [2.05, 4.69) is 86.8 Å². The summed E-state index contributed by atoms with van der Waals surface area (Å²) in [6, 6.07) is 0. The highest BCUT2D eigenvalue weighted by atomic mass is 16.7. The van der Waals surface area contributed by atoms with Crippen LogP contribution in [0.5, 0.6) is 0 Å². The molecule has 6 atom stereocenters. The van der Waals surface area contributed by atoms with E-state index in [1.165, 1.54) is 103 Å². The van der Waals surface area contributed by atoms with Gasteiger partial charge in [0.25, 0.3) is 0 Å². The van der Waals surface area contributed by atoms with E-state index < -0.39 is 43.4 Å². The van der Waals surface area contributed by atoms with Crippen LogP contribution in [0.2, 0.25) is 0 Å². The van der Waals surface area contributed by atoms with Crippen LogP contribution >= 0.6 is 0 Å². The van der Waals surface area contributed by atoms with Crippen molar-refractivity contribution in [3.8, 4) is 0 Å². The van der Waals surface area contributed by atoms with E-state index in [9.17, 15) is 25.2 Å². The monoisotopic (exact) mass is 901 g/mol. The summed E-state index contributed by atoms with van der Waals surface area (Å²) in [5.74, 6) is -0.326. The Morgan fingerprint density at radius 1 is 0.516 bits per heavy atom. The molecule has 1 aliphatic rings. The topological polar surface area (TPSA) is 135 Å². The molecule has 0 saturated carbocycles. The summed E-state index contributed by atoms with van der Waals surface area (Å²) in [4.78, 5) is 12.8. The molecule has 9 heteroatoms. The minimum absolute atomic E-state index is 0.124. The number of hydrogen-bond donors (Lipinski definition) is 4. The number of aliphatic hydroxyl groups is 4. The van der Waals surface area contributed by atoms with E-state index in [0.29, 0.717) is 13.0 Å². The zero-order valence-corrected chi connectivity index (χ0v) is 40.8. The van der Waals surface area contributed by atoms with E-state index in [-0.39, 0.29) is 19.2 Å². The molecule has 0 aromatic carbocycles. The van der Waals surface area contributed by atoms with Crippen molar-refractivity contribution in [2.24, 2.45) is 0 Å². The van der Waals surface area contributed by atoms with Gasteiger partial charge in [-0.25, -0.2) is 0 Å². The van der Waals surface area contributed by atoms with Gasteiger partial charge in [0, 0.05) is 13.0 Å². The smallest absolute Gasteiger partial charge is 0.306 e. The molecule has 1 fully saturated rings. The second-order valence-electron chi connectivity index (χ2n) is 17.6. The maximum Gasteiger partial charge on any atom is 0.306 e. The van der Waals surface area contributed by atoms with Crippen LogP contribution < -0.4 is 0 Å². The molecule has 370 valence electrons. The summed E-state index contributed by atoms with van der Waals surface area (Å²) in [7, 11) is 0. The summed E-state index contributed by atoms with van der Waals surface area (Å²) in [6.07, 6.45) is 53.6. The lowest BCUT2D eigenvalue weighted by atomic mass is 9.99. The number of aliphatic hydroxyl groups excluding tert-OH is 4. The van der Waals surface area contributed by atoms with Gasteiger partial charge in [-0.3, -0.25) is 4.79 Å². The predicted octanol–water partition coefficient (Wildman–Crippen LogP) is 12.8. The van der Waals surface area contributed by atoms with Crippen LogP contribution in [0.3, 0.4) is 0 Å². The van der Waals surface area contributed by atoms with Crippen LogP contribution in [-0.4, -0.2) is 89.6 Å². The van der Waals surface area contributed by atoms with E-state index in [1.54, 1.807) is 0 Å². The first kappa shape index (κ1) is 59.6. The van der Waals surface area contributed by atoms with Crippen LogP contribution in [0.4, 0.5) is 0 Å². The summed E-state index contributed by atoms with van der Waals surface area (Å²) in [5.41, 5.74) is 0. The van der Waals surface area contributed by atoms with Crippen molar-refractivity contribution < 1.29 is 44.2 Å². The van der Waals surface area contributed by atoms with Crippen molar-refractivity contribution in [2.75, 3.05) is 26.4 Å². The number of ether oxygens (including phenoxy) is 4. The fourth-order valence-corrected chi connectivity index (χ4v) is 7.57. The van der Waals surface area contributed by atoms with Gasteiger partial charge in [-0.15, -0.1) is 0 Å². The molecule has 64 heavy (non-hydrogen) atoms. The number of unbranched alkanes of at least 4 members (excludes halogenated alkanes) is 21. The molecule has 0 spiro atoms. The van der Waals surface area contributed by atoms with Crippen molar-refractivity contribution in [1.82, 2.24) is 0 Å². The highest BCUT2D eigenvalue weighted by molar-refractivity contribution is 5.69. The summed E-state index contributed by atoms with van der Waals surface area (Å²) in [6.45, 7) is 4.39. The Bertz CT molecular complexity index is 1210. The van der Waals surface area contributed by atoms with Gasteiger partial charge >= 0.3 is 5.97 Å². The van der Waals surface area contributed by atoms with Crippen molar-refractivity contribution >= 4 is 5.97 Å². The zero-order chi connectivity index (χ0) is 46.4. The van der Waals surface area contributed by atoms with Crippen LogP contribution in [0.1, 0.15) is 206 Å². The third-order valence-electron chi connectivity index (χ3n) is 11.6. The molecule has 4 N–H and O–H groups in total. The Kier molecular flexibility index (Phi) is 42.7. The van der Waals surface area contributed by atoms with Gasteiger partial charge in [0.05, 0.1) is 19.8 Å². The van der Waals surface area contributed by atoms with Gasteiger partial charge in [0.1, 0.15) is 30.5 Å². The summed E-state index contributed by atoms with van der Waals surface area (Å²) < 4.78 is 22.9. The number of rotatable bonds is 44. The van der Waals surface area contributed by atoms with E-state index >= 15 is 0 Å². The normalized spacial score (nSPS) is 20.1. The Labute approximate surface area is 391 Å². The minimum Gasteiger partial charge on any atom is -0.457 e. The fourth-order valence-electron chi connectivity index (χ4n) is 7.57. The molecular weight excluding hydrogens is 805 g/mol. The Morgan fingerprint density at radius 3 is 1.45 bits per heavy atom. The largest absolute Gasteiger partial charge is 0.457 e. The van der Waals surface area contributed by atoms with Crippen molar-refractivity contribution in [3.05, 3.63) is 72.9 Å². The number of carbonyl (C=O) groups is 1. The maximum atomic E-state index is 12.8. The van der Waals surface area contributed by atoms with Gasteiger partial charge in [0.2, 0.25) is 0 Å². The third-order valence-corrected chi connectivity index (χ3v) is 11.6. The van der Waals surface area contributed by atoms with Gasteiger partial charge < -0.3 is 39.4 Å². The average molecular weight is 901 g/mol. The summed E-state index contributed by atoms with van der Waals surface area (Å²) >= 11 is 0. The van der Waals surface area contributed by atoms with Crippen LogP contribution in [-0.2, 0) is 23.7 Å². The lowest BCUT2D eigenvalue weighted by Crippen LogP contribution is -2.59. The number of carbonyl (C=O) groups excluding carboxylic acids is 1. The number of hydrogen-bond acceptors (Lipinski definition) is 9. The first-order valence-electron chi connectivity index (χ1n) is 26.0.